The molecule has 2 amide bonds. The quantitative estimate of drug-likeness (QED) is 0.942. The number of rotatable bonds is 4. The van der Waals surface area contributed by atoms with Crippen LogP contribution in [0.3, 0.4) is 0 Å². The summed E-state index contributed by atoms with van der Waals surface area (Å²) in [6, 6.07) is 8.10. The minimum atomic E-state index is -0.304. The number of amides is 2. The predicted octanol–water partition coefficient (Wildman–Crippen LogP) is 2.44. The van der Waals surface area contributed by atoms with Crippen molar-refractivity contribution in [1.29, 1.82) is 0 Å². The van der Waals surface area contributed by atoms with Gasteiger partial charge in [-0.2, -0.15) is 0 Å². The number of anilines is 1. The molecule has 22 heavy (non-hydrogen) atoms. The summed E-state index contributed by atoms with van der Waals surface area (Å²) in [6.45, 7) is 3.05. The number of hydrogen-bond acceptors (Lipinski definition) is 4. The Balaban J connectivity index is 1.60. The van der Waals surface area contributed by atoms with Crippen LogP contribution in [-0.2, 0) is 16.1 Å². The first kappa shape index (κ1) is 14.7. The molecule has 0 saturated carbocycles. The molecule has 0 spiro atoms. The maximum absolute atomic E-state index is 12.2. The smallest absolute Gasteiger partial charge is 0.231 e. The second-order valence-electron chi connectivity index (χ2n) is 5.49. The highest BCUT2D eigenvalue weighted by molar-refractivity contribution is 7.13. The van der Waals surface area contributed by atoms with Crippen LogP contribution >= 0.6 is 11.3 Å². The van der Waals surface area contributed by atoms with Gasteiger partial charge in [0, 0.05) is 31.1 Å². The molecule has 2 heterocycles. The molecule has 1 atom stereocenters. The summed E-state index contributed by atoms with van der Waals surface area (Å²) in [5.41, 5.74) is 2.28. The summed E-state index contributed by atoms with van der Waals surface area (Å²) in [6.07, 6.45) is 1.91. The Morgan fingerprint density at radius 1 is 1.41 bits per heavy atom. The highest BCUT2D eigenvalue weighted by Gasteiger charge is 2.34. The molecule has 0 bridgehead atoms. The van der Waals surface area contributed by atoms with E-state index >= 15 is 0 Å². The Morgan fingerprint density at radius 2 is 2.18 bits per heavy atom. The van der Waals surface area contributed by atoms with Crippen molar-refractivity contribution in [3.63, 3.8) is 0 Å². The van der Waals surface area contributed by atoms with Crippen LogP contribution in [0.4, 0.5) is 5.13 Å². The van der Waals surface area contributed by atoms with E-state index in [0.717, 1.165) is 5.56 Å². The SMILES string of the molecule is Cc1ccc(CN2C[C@@H](C(=O)Nc3nccs3)CC2=O)cc1. The fraction of sp³-hybridized carbons (Fsp3) is 0.312. The molecular weight excluding hydrogens is 298 g/mol. The molecule has 1 aliphatic heterocycles. The molecule has 5 nitrogen and oxygen atoms in total. The molecule has 0 aliphatic carbocycles. The maximum Gasteiger partial charge on any atom is 0.231 e. The third-order valence-electron chi connectivity index (χ3n) is 3.74. The summed E-state index contributed by atoms with van der Waals surface area (Å²) in [7, 11) is 0. The lowest BCUT2D eigenvalue weighted by molar-refractivity contribution is -0.128. The van der Waals surface area contributed by atoms with E-state index in [1.807, 2.05) is 31.2 Å². The van der Waals surface area contributed by atoms with E-state index in [9.17, 15) is 9.59 Å². The van der Waals surface area contributed by atoms with Gasteiger partial charge in [-0.25, -0.2) is 4.98 Å². The minimum absolute atomic E-state index is 0.0277. The molecule has 1 saturated heterocycles. The first-order valence-corrected chi connectivity index (χ1v) is 8.03. The second kappa shape index (κ2) is 6.27. The van der Waals surface area contributed by atoms with Crippen LogP contribution in [0.1, 0.15) is 17.5 Å². The van der Waals surface area contributed by atoms with Crippen molar-refractivity contribution in [3.8, 4) is 0 Å². The van der Waals surface area contributed by atoms with Gasteiger partial charge in [-0.15, -0.1) is 11.3 Å². The van der Waals surface area contributed by atoms with Crippen molar-refractivity contribution in [3.05, 3.63) is 47.0 Å². The summed E-state index contributed by atoms with van der Waals surface area (Å²) in [4.78, 5) is 30.0. The van der Waals surface area contributed by atoms with Crippen LogP contribution in [0, 0.1) is 12.8 Å². The molecular formula is C16H17N3O2S. The molecule has 1 fully saturated rings. The number of aryl methyl sites for hydroxylation is 1. The molecule has 0 unspecified atom stereocenters. The maximum atomic E-state index is 12.2. The number of nitrogens with zero attached hydrogens (tertiary/aromatic N) is 2. The Kier molecular flexibility index (Phi) is 4.20. The van der Waals surface area contributed by atoms with Crippen LogP contribution in [-0.4, -0.2) is 28.2 Å². The van der Waals surface area contributed by atoms with E-state index in [1.165, 1.54) is 16.9 Å². The lowest BCUT2D eigenvalue weighted by Gasteiger charge is -2.16. The normalized spacial score (nSPS) is 17.8. The van der Waals surface area contributed by atoms with Crippen LogP contribution in [0.25, 0.3) is 0 Å². The third-order valence-corrected chi connectivity index (χ3v) is 4.43. The lowest BCUT2D eigenvalue weighted by atomic mass is 10.1. The summed E-state index contributed by atoms with van der Waals surface area (Å²) in [5, 5.41) is 5.15. The number of carbonyl (C=O) groups excluding carboxylic acids is 2. The zero-order valence-corrected chi connectivity index (χ0v) is 13.1. The van der Waals surface area contributed by atoms with Crippen LogP contribution in [0.5, 0.6) is 0 Å². The number of aromatic nitrogens is 1. The van der Waals surface area contributed by atoms with Gasteiger partial charge in [0.25, 0.3) is 0 Å². The molecule has 1 aromatic carbocycles. The Bertz CT molecular complexity index is 667. The van der Waals surface area contributed by atoms with Gasteiger partial charge in [0.15, 0.2) is 5.13 Å². The second-order valence-corrected chi connectivity index (χ2v) is 6.38. The zero-order valence-electron chi connectivity index (χ0n) is 12.3. The first-order chi connectivity index (χ1) is 10.6. The van der Waals surface area contributed by atoms with E-state index in [1.54, 1.807) is 16.5 Å². The van der Waals surface area contributed by atoms with E-state index in [-0.39, 0.29) is 24.2 Å². The highest BCUT2D eigenvalue weighted by atomic mass is 32.1. The Hall–Kier alpha value is -2.21. The fourth-order valence-corrected chi connectivity index (χ4v) is 3.04. The molecule has 3 rings (SSSR count). The predicted molar refractivity (Wildman–Crippen MR) is 85.4 cm³/mol. The molecule has 1 aliphatic rings. The Labute approximate surface area is 133 Å². The average molecular weight is 315 g/mol. The third kappa shape index (κ3) is 3.33. The molecule has 114 valence electrons. The number of likely N-dealkylation sites (tertiary alicyclic amines) is 1. The summed E-state index contributed by atoms with van der Waals surface area (Å²) >= 11 is 1.37. The van der Waals surface area contributed by atoms with Crippen molar-refractivity contribution >= 4 is 28.3 Å². The van der Waals surface area contributed by atoms with E-state index in [0.29, 0.717) is 18.2 Å². The van der Waals surface area contributed by atoms with Crippen LogP contribution in [0.15, 0.2) is 35.8 Å². The number of nitrogens with one attached hydrogen (secondary N) is 1. The average Bonchev–Trinajstić information content (AvgIpc) is 3.12. The van der Waals surface area contributed by atoms with Gasteiger partial charge >= 0.3 is 0 Å². The lowest BCUT2D eigenvalue weighted by Crippen LogP contribution is -2.28. The van der Waals surface area contributed by atoms with Gasteiger partial charge < -0.3 is 10.2 Å². The van der Waals surface area contributed by atoms with Crippen molar-refractivity contribution in [1.82, 2.24) is 9.88 Å². The number of carbonyl (C=O) groups is 2. The van der Waals surface area contributed by atoms with Crippen LogP contribution in [0.2, 0.25) is 0 Å². The molecule has 1 N–H and O–H groups in total. The minimum Gasteiger partial charge on any atom is -0.338 e. The summed E-state index contributed by atoms with van der Waals surface area (Å²) in [5.74, 6) is -0.406. The van der Waals surface area contributed by atoms with E-state index in [2.05, 4.69) is 10.3 Å². The Morgan fingerprint density at radius 3 is 2.86 bits per heavy atom. The topological polar surface area (TPSA) is 62.3 Å². The van der Waals surface area contributed by atoms with Gasteiger partial charge in [-0.1, -0.05) is 29.8 Å². The van der Waals surface area contributed by atoms with Gasteiger partial charge in [0.1, 0.15) is 0 Å². The molecule has 1 aromatic heterocycles. The first-order valence-electron chi connectivity index (χ1n) is 7.15. The largest absolute Gasteiger partial charge is 0.338 e. The summed E-state index contributed by atoms with van der Waals surface area (Å²) < 4.78 is 0. The van der Waals surface area contributed by atoms with Gasteiger partial charge in [0.05, 0.1) is 5.92 Å². The molecule has 2 aromatic rings. The fourth-order valence-electron chi connectivity index (χ4n) is 2.51. The number of thiazole rings is 1. The van der Waals surface area contributed by atoms with Gasteiger partial charge in [-0.05, 0) is 12.5 Å². The van der Waals surface area contributed by atoms with Crippen molar-refractivity contribution in [2.75, 3.05) is 11.9 Å². The van der Waals surface area contributed by atoms with Gasteiger partial charge in [0.2, 0.25) is 11.8 Å². The monoisotopic (exact) mass is 315 g/mol. The molecule has 6 heteroatoms. The number of hydrogen-bond donors (Lipinski definition) is 1. The number of benzene rings is 1. The standard InChI is InChI=1S/C16H17N3O2S/c1-11-2-4-12(5-3-11)9-19-10-13(8-14(19)20)15(21)18-16-17-6-7-22-16/h2-7,13H,8-10H2,1H3,(H,17,18,21)/t13-/m0/s1. The van der Waals surface area contributed by atoms with E-state index in [4.69, 9.17) is 0 Å². The zero-order chi connectivity index (χ0) is 15.5. The van der Waals surface area contributed by atoms with E-state index < -0.39 is 0 Å². The highest BCUT2D eigenvalue weighted by Crippen LogP contribution is 2.22. The van der Waals surface area contributed by atoms with Crippen LogP contribution < -0.4 is 5.32 Å². The van der Waals surface area contributed by atoms with Crippen molar-refractivity contribution < 1.29 is 9.59 Å². The van der Waals surface area contributed by atoms with Gasteiger partial charge in [-0.3, -0.25) is 9.59 Å². The van der Waals surface area contributed by atoms with Crippen molar-refractivity contribution in [2.24, 2.45) is 5.92 Å². The molecule has 0 radical (unpaired) electrons. The van der Waals surface area contributed by atoms with Crippen molar-refractivity contribution in [2.45, 2.75) is 19.9 Å².